The number of rotatable bonds is 3. The van der Waals surface area contributed by atoms with E-state index in [2.05, 4.69) is 42.6 Å². The summed E-state index contributed by atoms with van der Waals surface area (Å²) >= 11 is 1.80. The normalized spacial score (nSPS) is 11.5. The molecule has 0 atom stereocenters. The Morgan fingerprint density at radius 1 is 1.33 bits per heavy atom. The van der Waals surface area contributed by atoms with Gasteiger partial charge in [-0.05, 0) is 42.1 Å². The molecule has 80 valence electrons. The van der Waals surface area contributed by atoms with Crippen molar-refractivity contribution in [3.05, 3.63) is 34.7 Å². The molecule has 0 spiro atoms. The molecule has 0 unspecified atom stereocenters. The Morgan fingerprint density at radius 3 is 2.80 bits per heavy atom. The molecule has 15 heavy (non-hydrogen) atoms. The first-order valence-electron chi connectivity index (χ1n) is 5.04. The zero-order valence-electron chi connectivity index (χ0n) is 9.16. The van der Waals surface area contributed by atoms with E-state index in [0.29, 0.717) is 6.54 Å². The van der Waals surface area contributed by atoms with Gasteiger partial charge in [-0.2, -0.15) is 0 Å². The molecule has 0 saturated heterocycles. The average Bonchev–Trinajstić information content (AvgIpc) is 2.60. The van der Waals surface area contributed by atoms with E-state index in [1.807, 2.05) is 0 Å². The Kier molecular flexibility index (Phi) is 3.05. The van der Waals surface area contributed by atoms with Gasteiger partial charge < -0.3 is 10.6 Å². The highest BCUT2D eigenvalue weighted by Crippen LogP contribution is 2.27. The van der Waals surface area contributed by atoms with Crippen LogP contribution in [0.25, 0.3) is 10.1 Å². The largest absolute Gasteiger partial charge is 0.326 e. The molecular weight excluding hydrogens is 204 g/mol. The fraction of sp³-hybridized carbons (Fsp3) is 0.333. The summed E-state index contributed by atoms with van der Waals surface area (Å²) in [6, 6.07) is 6.50. The molecule has 2 N–H and O–H groups in total. The van der Waals surface area contributed by atoms with Gasteiger partial charge in [0.05, 0.1) is 0 Å². The zero-order chi connectivity index (χ0) is 10.8. The summed E-state index contributed by atoms with van der Waals surface area (Å²) in [6.07, 6.45) is 0. The van der Waals surface area contributed by atoms with Gasteiger partial charge in [-0.3, -0.25) is 0 Å². The molecule has 2 aromatic rings. The van der Waals surface area contributed by atoms with Crippen molar-refractivity contribution in [1.29, 1.82) is 0 Å². The molecule has 2 nitrogen and oxygen atoms in total. The lowest BCUT2D eigenvalue weighted by atomic mass is 10.1. The highest BCUT2D eigenvalue weighted by Gasteiger charge is 2.05. The molecule has 0 fully saturated rings. The van der Waals surface area contributed by atoms with Crippen molar-refractivity contribution in [3.63, 3.8) is 0 Å². The summed E-state index contributed by atoms with van der Waals surface area (Å²) < 4.78 is 1.34. The van der Waals surface area contributed by atoms with Crippen molar-refractivity contribution >= 4 is 21.4 Å². The molecular formula is C12H16N2S. The number of thiophene rings is 1. The molecule has 0 aliphatic carbocycles. The standard InChI is InChI=1S/C12H16N2S/c1-14(2)7-10-8-15-12-5-9(6-13)3-4-11(10)12/h3-5,8H,6-7,13H2,1-2H3. The molecule has 1 heterocycles. The minimum atomic E-state index is 0.622. The van der Waals surface area contributed by atoms with Crippen molar-refractivity contribution in [1.82, 2.24) is 4.90 Å². The summed E-state index contributed by atoms with van der Waals surface area (Å²) in [6.45, 7) is 1.62. The third-order valence-corrected chi connectivity index (χ3v) is 3.44. The van der Waals surface area contributed by atoms with Crippen LogP contribution in [0.4, 0.5) is 0 Å². The minimum absolute atomic E-state index is 0.622. The first-order valence-corrected chi connectivity index (χ1v) is 5.92. The van der Waals surface area contributed by atoms with Crippen LogP contribution in [0.2, 0.25) is 0 Å². The first-order chi connectivity index (χ1) is 7.20. The van der Waals surface area contributed by atoms with Gasteiger partial charge in [0.1, 0.15) is 0 Å². The lowest BCUT2D eigenvalue weighted by molar-refractivity contribution is 0.404. The van der Waals surface area contributed by atoms with E-state index in [1.54, 1.807) is 11.3 Å². The third-order valence-electron chi connectivity index (χ3n) is 2.44. The highest BCUT2D eigenvalue weighted by molar-refractivity contribution is 7.17. The highest BCUT2D eigenvalue weighted by atomic mass is 32.1. The summed E-state index contributed by atoms with van der Waals surface area (Å²) in [5, 5.41) is 3.61. The summed E-state index contributed by atoms with van der Waals surface area (Å²) in [7, 11) is 4.19. The second-order valence-electron chi connectivity index (χ2n) is 4.03. The Balaban J connectivity index is 2.43. The maximum atomic E-state index is 5.62. The number of nitrogens with zero attached hydrogens (tertiary/aromatic N) is 1. The van der Waals surface area contributed by atoms with Crippen LogP contribution in [0, 0.1) is 0 Å². The second kappa shape index (κ2) is 4.31. The predicted molar refractivity (Wildman–Crippen MR) is 67.1 cm³/mol. The Labute approximate surface area is 94.3 Å². The maximum Gasteiger partial charge on any atom is 0.0349 e. The van der Waals surface area contributed by atoms with Gasteiger partial charge in [-0.1, -0.05) is 12.1 Å². The van der Waals surface area contributed by atoms with E-state index in [0.717, 1.165) is 6.54 Å². The minimum Gasteiger partial charge on any atom is -0.326 e. The van der Waals surface area contributed by atoms with Crippen molar-refractivity contribution < 1.29 is 0 Å². The van der Waals surface area contributed by atoms with E-state index in [1.165, 1.54) is 21.2 Å². The van der Waals surface area contributed by atoms with E-state index in [-0.39, 0.29) is 0 Å². The number of benzene rings is 1. The van der Waals surface area contributed by atoms with E-state index in [9.17, 15) is 0 Å². The molecule has 0 radical (unpaired) electrons. The monoisotopic (exact) mass is 220 g/mol. The van der Waals surface area contributed by atoms with E-state index in [4.69, 9.17) is 5.73 Å². The number of nitrogens with two attached hydrogens (primary N) is 1. The van der Waals surface area contributed by atoms with Crippen LogP contribution < -0.4 is 5.73 Å². The number of fused-ring (bicyclic) bond motifs is 1. The molecule has 0 saturated carbocycles. The summed E-state index contributed by atoms with van der Waals surface area (Å²) in [4.78, 5) is 2.19. The predicted octanol–water partition coefficient (Wildman–Crippen LogP) is 2.42. The molecule has 0 aliphatic rings. The van der Waals surface area contributed by atoms with Gasteiger partial charge in [0, 0.05) is 17.8 Å². The van der Waals surface area contributed by atoms with E-state index >= 15 is 0 Å². The summed E-state index contributed by atoms with van der Waals surface area (Å²) in [5.41, 5.74) is 8.24. The van der Waals surface area contributed by atoms with Gasteiger partial charge in [0.25, 0.3) is 0 Å². The lowest BCUT2D eigenvalue weighted by Crippen LogP contribution is -2.09. The molecule has 3 heteroatoms. The van der Waals surface area contributed by atoms with Crippen LogP contribution in [-0.2, 0) is 13.1 Å². The second-order valence-corrected chi connectivity index (χ2v) is 4.94. The fourth-order valence-electron chi connectivity index (χ4n) is 1.72. The average molecular weight is 220 g/mol. The van der Waals surface area contributed by atoms with Gasteiger partial charge >= 0.3 is 0 Å². The van der Waals surface area contributed by atoms with Crippen molar-refractivity contribution in [2.24, 2.45) is 5.73 Å². The van der Waals surface area contributed by atoms with Crippen molar-refractivity contribution in [2.45, 2.75) is 13.1 Å². The van der Waals surface area contributed by atoms with Crippen LogP contribution >= 0.6 is 11.3 Å². The SMILES string of the molecule is CN(C)Cc1csc2cc(CN)ccc12. The Morgan fingerprint density at radius 2 is 2.13 bits per heavy atom. The summed E-state index contributed by atoms with van der Waals surface area (Å²) in [5.74, 6) is 0. The number of hydrogen-bond acceptors (Lipinski definition) is 3. The van der Waals surface area contributed by atoms with Gasteiger partial charge in [-0.15, -0.1) is 11.3 Å². The van der Waals surface area contributed by atoms with Gasteiger partial charge in [0.2, 0.25) is 0 Å². The van der Waals surface area contributed by atoms with Crippen molar-refractivity contribution in [2.75, 3.05) is 14.1 Å². The fourth-order valence-corrected chi connectivity index (χ4v) is 2.73. The lowest BCUT2D eigenvalue weighted by Gasteiger charge is -2.08. The van der Waals surface area contributed by atoms with E-state index < -0.39 is 0 Å². The quantitative estimate of drug-likeness (QED) is 0.860. The molecule has 0 amide bonds. The smallest absolute Gasteiger partial charge is 0.0349 e. The van der Waals surface area contributed by atoms with Gasteiger partial charge in [0.15, 0.2) is 0 Å². The van der Waals surface area contributed by atoms with Crippen LogP contribution in [0.1, 0.15) is 11.1 Å². The van der Waals surface area contributed by atoms with Crippen LogP contribution in [0.3, 0.4) is 0 Å². The molecule has 1 aromatic carbocycles. The molecule has 1 aromatic heterocycles. The maximum absolute atomic E-state index is 5.62. The Hall–Kier alpha value is -0.900. The number of hydrogen-bond donors (Lipinski definition) is 1. The van der Waals surface area contributed by atoms with Crippen LogP contribution in [-0.4, -0.2) is 19.0 Å². The van der Waals surface area contributed by atoms with Crippen LogP contribution in [0.5, 0.6) is 0 Å². The van der Waals surface area contributed by atoms with Gasteiger partial charge in [-0.25, -0.2) is 0 Å². The zero-order valence-corrected chi connectivity index (χ0v) is 9.97. The third kappa shape index (κ3) is 2.20. The van der Waals surface area contributed by atoms with Crippen LogP contribution in [0.15, 0.2) is 23.6 Å². The Bertz CT molecular complexity index is 460. The van der Waals surface area contributed by atoms with Crippen molar-refractivity contribution in [3.8, 4) is 0 Å². The molecule has 2 rings (SSSR count). The topological polar surface area (TPSA) is 29.3 Å². The molecule has 0 bridgehead atoms. The first kappa shape index (κ1) is 10.6. The molecule has 0 aliphatic heterocycles.